The number of rotatable bonds is 17. The van der Waals surface area contributed by atoms with E-state index in [1.165, 1.54) is 6.07 Å². The number of piperazine rings is 1. The first-order valence-corrected chi connectivity index (χ1v) is 26.3. The van der Waals surface area contributed by atoms with Crippen molar-refractivity contribution in [3.63, 3.8) is 0 Å². The molecule has 3 N–H and O–H groups in total. The number of benzene rings is 3. The highest BCUT2D eigenvalue weighted by atomic mass is 32.1. The topological polar surface area (TPSA) is 169 Å². The lowest BCUT2D eigenvalue weighted by Crippen LogP contribution is -2.74. The van der Waals surface area contributed by atoms with Crippen molar-refractivity contribution in [3.8, 4) is 22.3 Å². The highest BCUT2D eigenvalue weighted by molar-refractivity contribution is 7.13. The summed E-state index contributed by atoms with van der Waals surface area (Å²) in [6.07, 6.45) is -3.50. The van der Waals surface area contributed by atoms with Gasteiger partial charge in [-0.1, -0.05) is 84.9 Å². The molecule has 7 rings (SSSR count). The smallest absolute Gasteiger partial charge is 0.417 e. The number of amides is 4. The van der Waals surface area contributed by atoms with E-state index in [-0.39, 0.29) is 60.7 Å². The molecule has 0 unspecified atom stereocenters. The highest BCUT2D eigenvalue weighted by Crippen LogP contribution is 2.56. The number of methoxy groups -OCH3 is 1. The number of alkyl halides is 3. The number of carbonyl (C=O) groups is 4. The molecular weight excluding hydrogens is 970 g/mol. The van der Waals surface area contributed by atoms with Crippen molar-refractivity contribution in [2.45, 2.75) is 124 Å². The molecule has 0 spiro atoms. The molecule has 3 aliphatic rings. The van der Waals surface area contributed by atoms with Gasteiger partial charge in [0, 0.05) is 68.7 Å². The summed E-state index contributed by atoms with van der Waals surface area (Å²) in [7, 11) is 1.58. The van der Waals surface area contributed by atoms with E-state index in [0.29, 0.717) is 25.1 Å². The van der Waals surface area contributed by atoms with Crippen LogP contribution < -0.4 is 20.7 Å². The van der Waals surface area contributed by atoms with Gasteiger partial charge in [-0.3, -0.25) is 24.1 Å². The zero-order valence-electron chi connectivity index (χ0n) is 44.2. The van der Waals surface area contributed by atoms with Crippen LogP contribution in [0.25, 0.3) is 10.4 Å². The van der Waals surface area contributed by atoms with Crippen molar-refractivity contribution in [2.24, 2.45) is 16.2 Å². The van der Waals surface area contributed by atoms with E-state index in [1.807, 2.05) is 104 Å². The first-order chi connectivity index (χ1) is 34.8. The highest BCUT2D eigenvalue weighted by Gasteiger charge is 2.64. The van der Waals surface area contributed by atoms with Crippen molar-refractivity contribution in [1.82, 2.24) is 35.6 Å². The fourth-order valence-electron chi connectivity index (χ4n) is 11.2. The number of carbonyl (C=O) groups excluding carboxylic acids is 4. The molecule has 1 aromatic heterocycles. The molecule has 3 fully saturated rings. The van der Waals surface area contributed by atoms with Gasteiger partial charge in [0.15, 0.2) is 0 Å². The van der Waals surface area contributed by atoms with Gasteiger partial charge in [0.2, 0.25) is 17.7 Å². The molecule has 0 bridgehead atoms. The number of aromatic nitrogens is 1. The Morgan fingerprint density at radius 2 is 1.57 bits per heavy atom. The predicted molar refractivity (Wildman–Crippen MR) is 278 cm³/mol. The molecule has 3 aromatic carbocycles. The van der Waals surface area contributed by atoms with Gasteiger partial charge >= 0.3 is 6.18 Å². The molecule has 1 saturated carbocycles. The molecule has 2 aliphatic heterocycles. The third-order valence-corrected chi connectivity index (χ3v) is 16.1. The largest absolute Gasteiger partial charge is 0.489 e. The van der Waals surface area contributed by atoms with Crippen molar-refractivity contribution < 1.29 is 41.8 Å². The van der Waals surface area contributed by atoms with Gasteiger partial charge in [0.25, 0.3) is 5.91 Å². The van der Waals surface area contributed by atoms with Gasteiger partial charge in [0.1, 0.15) is 23.9 Å². The van der Waals surface area contributed by atoms with Gasteiger partial charge in [-0.25, -0.2) is 4.98 Å². The third kappa shape index (κ3) is 12.6. The van der Waals surface area contributed by atoms with E-state index in [2.05, 4.69) is 30.7 Å². The maximum atomic E-state index is 14.4. The number of hydrogen-bond donors (Lipinski definition) is 3. The molecule has 74 heavy (non-hydrogen) atoms. The van der Waals surface area contributed by atoms with Crippen LogP contribution in [0.2, 0.25) is 0 Å². The number of hydrogen-bond acceptors (Lipinski definition) is 11. The number of thiazole rings is 1. The van der Waals surface area contributed by atoms with Gasteiger partial charge in [-0.15, -0.1) is 11.3 Å². The maximum absolute atomic E-state index is 14.4. The van der Waals surface area contributed by atoms with E-state index in [4.69, 9.17) is 9.47 Å². The fraction of sp³-hybridized carbons (Fsp3) is 0.536. The number of nitrogens with one attached hydrogen (secondary N) is 3. The third-order valence-electron chi connectivity index (χ3n) is 15.2. The summed E-state index contributed by atoms with van der Waals surface area (Å²) in [6.45, 7) is 21.5. The Balaban J connectivity index is 0.844. The van der Waals surface area contributed by atoms with Crippen LogP contribution in [0, 0.1) is 34.5 Å². The minimum atomic E-state index is -4.71. The van der Waals surface area contributed by atoms with Gasteiger partial charge in [-0.2, -0.15) is 18.4 Å². The SMILES string of the molecule is CO[C@@H]1C[C@@H](C(=O)N[C@@H](C)c2ccc(-c3scnc3C)cc2)N(C(=O)[C@@H](NC(=O)CN2CCN(CCCc3ccc(C(=O)NC4C(C)(C)C(Oc5ccc(C#N)c(C(F)(F)F)c5)C4(C)C)cc3)CC2)C(C)(C)C)C1. The number of aryl methyl sites for hydroxylation is 2. The summed E-state index contributed by atoms with van der Waals surface area (Å²) in [6, 6.07) is 18.2. The van der Waals surface area contributed by atoms with Crippen LogP contribution in [0.1, 0.15) is 113 Å². The van der Waals surface area contributed by atoms with Gasteiger partial charge in [0.05, 0.1) is 52.0 Å². The molecule has 18 heteroatoms. The maximum Gasteiger partial charge on any atom is 0.417 e. The molecule has 1 aliphatic carbocycles. The summed E-state index contributed by atoms with van der Waals surface area (Å²) in [5.41, 5.74) is 2.98. The van der Waals surface area contributed by atoms with E-state index in [0.717, 1.165) is 71.9 Å². The predicted octanol–water partition coefficient (Wildman–Crippen LogP) is 8.20. The summed E-state index contributed by atoms with van der Waals surface area (Å²) < 4.78 is 52.7. The summed E-state index contributed by atoms with van der Waals surface area (Å²) >= 11 is 1.58. The quantitative estimate of drug-likeness (QED) is 0.0938. The first-order valence-electron chi connectivity index (χ1n) is 25.4. The average molecular weight is 1040 g/mol. The van der Waals surface area contributed by atoms with Crippen molar-refractivity contribution >= 4 is 35.0 Å². The average Bonchev–Trinajstić information content (AvgIpc) is 4.00. The second-order valence-electron chi connectivity index (χ2n) is 22.4. The molecule has 3 heterocycles. The standard InChI is InChI=1S/C56H71F3N8O6S/c1-34(37-17-19-38(20-18-37)46-35(2)61-33-74-46)62-49(70)44-29-42(72-10)31-67(44)50(71)47(53(3,4)5)63-45(68)32-66-26-24-65(25-27-66)23-11-12-36-13-15-39(16-14-36)48(69)64-51-54(6,7)52(55(51,8)9)73-41-22-21-40(30-60)43(28-41)56(57,58)59/h13-22,28,33-34,42,44,47,51-52H,11-12,23-27,29,31-32H2,1-10H3,(H,62,70)(H,63,68)(H,64,69)/t34-,42+,44-,47+,51?,52?/m0/s1. The molecule has 14 nitrogen and oxygen atoms in total. The minimum absolute atomic E-state index is 0.0110. The van der Waals surface area contributed by atoms with Gasteiger partial charge in [-0.05, 0) is 85.7 Å². The van der Waals surface area contributed by atoms with Crippen molar-refractivity contribution in [3.05, 3.63) is 106 Å². The number of nitriles is 1. The number of likely N-dealkylation sites (tertiary alicyclic amines) is 1. The monoisotopic (exact) mass is 1040 g/mol. The van der Waals surface area contributed by atoms with Crippen LogP contribution >= 0.6 is 11.3 Å². The molecule has 398 valence electrons. The normalized spacial score (nSPS) is 21.7. The van der Waals surface area contributed by atoms with Crippen LogP contribution in [-0.4, -0.2) is 127 Å². The summed E-state index contributed by atoms with van der Waals surface area (Å²) in [5, 5.41) is 18.5. The zero-order chi connectivity index (χ0) is 53.9. The number of ether oxygens (including phenoxy) is 2. The Bertz CT molecular complexity index is 2670. The zero-order valence-corrected chi connectivity index (χ0v) is 45.0. The molecule has 4 aromatic rings. The van der Waals surface area contributed by atoms with E-state index in [1.54, 1.807) is 41.5 Å². The summed E-state index contributed by atoms with van der Waals surface area (Å²) in [4.78, 5) is 67.0. The van der Waals surface area contributed by atoms with E-state index < -0.39 is 51.7 Å². The van der Waals surface area contributed by atoms with Crippen LogP contribution in [-0.2, 0) is 31.7 Å². The lowest BCUT2D eigenvalue weighted by atomic mass is 9.49. The molecular formula is C56H71F3N8O6S. The lowest BCUT2D eigenvalue weighted by Gasteiger charge is -2.63. The second-order valence-corrected chi connectivity index (χ2v) is 23.2. The summed E-state index contributed by atoms with van der Waals surface area (Å²) in [5.74, 6) is -1.07. The number of nitrogens with zero attached hydrogens (tertiary/aromatic N) is 5. The van der Waals surface area contributed by atoms with Crippen LogP contribution in [0.15, 0.2) is 72.2 Å². The minimum Gasteiger partial charge on any atom is -0.489 e. The molecule has 4 atom stereocenters. The first kappa shape index (κ1) is 55.9. The Morgan fingerprint density at radius 3 is 2.15 bits per heavy atom. The van der Waals surface area contributed by atoms with E-state index in [9.17, 15) is 37.6 Å². The van der Waals surface area contributed by atoms with Crippen LogP contribution in [0.3, 0.4) is 0 Å². The van der Waals surface area contributed by atoms with Crippen molar-refractivity contribution in [2.75, 3.05) is 52.9 Å². The van der Waals surface area contributed by atoms with Crippen LogP contribution in [0.5, 0.6) is 5.75 Å². The van der Waals surface area contributed by atoms with Crippen molar-refractivity contribution in [1.29, 1.82) is 5.26 Å². The Hall–Kier alpha value is -5.87. The second kappa shape index (κ2) is 22.5. The Morgan fingerprint density at radius 1 is 0.919 bits per heavy atom. The fourth-order valence-corrected chi connectivity index (χ4v) is 12.0. The van der Waals surface area contributed by atoms with Crippen LogP contribution in [0.4, 0.5) is 13.2 Å². The Labute approximate surface area is 437 Å². The lowest BCUT2D eigenvalue weighted by molar-refractivity contribution is -0.164. The Kier molecular flexibility index (Phi) is 17.0. The molecule has 0 radical (unpaired) electrons. The number of halogens is 3. The molecule has 2 saturated heterocycles. The van der Waals surface area contributed by atoms with Gasteiger partial charge < -0.3 is 35.2 Å². The van der Waals surface area contributed by atoms with E-state index >= 15 is 0 Å². The molecule has 4 amide bonds.